The van der Waals surface area contributed by atoms with Crippen LogP contribution in [0.1, 0.15) is 20.3 Å². The molecule has 16 heavy (non-hydrogen) atoms. The van der Waals surface area contributed by atoms with Crippen molar-refractivity contribution in [3.05, 3.63) is 24.3 Å². The zero-order valence-electron chi connectivity index (χ0n) is 9.86. The Morgan fingerprint density at radius 3 is 2.62 bits per heavy atom. The fourth-order valence-corrected chi connectivity index (χ4v) is 3.54. The Morgan fingerprint density at radius 2 is 2.00 bits per heavy atom. The van der Waals surface area contributed by atoms with Crippen LogP contribution < -0.4 is 5.32 Å². The number of hydrogen-bond donors (Lipinski definition) is 2. The maximum absolute atomic E-state index is 9.23. The Balaban J connectivity index is 2.05. The minimum Gasteiger partial charge on any atom is -0.508 e. The van der Waals surface area contributed by atoms with E-state index in [-0.39, 0.29) is 0 Å². The molecule has 2 N–H and O–H groups in total. The van der Waals surface area contributed by atoms with Gasteiger partial charge < -0.3 is 10.4 Å². The first kappa shape index (κ1) is 11.6. The van der Waals surface area contributed by atoms with Gasteiger partial charge in [0.2, 0.25) is 0 Å². The topological polar surface area (TPSA) is 32.3 Å². The number of hydrogen-bond acceptors (Lipinski definition) is 3. The zero-order chi connectivity index (χ0) is 11.6. The molecule has 0 bridgehead atoms. The molecule has 1 unspecified atom stereocenters. The van der Waals surface area contributed by atoms with Crippen LogP contribution in [0.3, 0.4) is 0 Å². The Labute approximate surface area is 101 Å². The molecule has 3 heteroatoms. The predicted octanol–water partition coefficient (Wildman–Crippen LogP) is 3.34. The van der Waals surface area contributed by atoms with E-state index in [0.717, 1.165) is 11.4 Å². The van der Waals surface area contributed by atoms with Crippen LogP contribution in [0.25, 0.3) is 0 Å². The van der Waals surface area contributed by atoms with Crippen LogP contribution in [0.5, 0.6) is 5.75 Å². The van der Waals surface area contributed by atoms with Gasteiger partial charge in [0, 0.05) is 17.5 Å². The maximum atomic E-state index is 9.23. The molecule has 0 amide bonds. The van der Waals surface area contributed by atoms with Gasteiger partial charge in [-0.2, -0.15) is 11.8 Å². The molecule has 1 aliphatic heterocycles. The minimum atomic E-state index is 0.322. The lowest BCUT2D eigenvalue weighted by atomic mass is 9.82. The van der Waals surface area contributed by atoms with Gasteiger partial charge >= 0.3 is 0 Å². The van der Waals surface area contributed by atoms with E-state index in [0.29, 0.717) is 17.2 Å². The van der Waals surface area contributed by atoms with E-state index >= 15 is 0 Å². The van der Waals surface area contributed by atoms with E-state index in [4.69, 9.17) is 0 Å². The molecular weight excluding hydrogens is 218 g/mol. The Hall–Kier alpha value is -0.830. The van der Waals surface area contributed by atoms with Crippen LogP contribution in [-0.2, 0) is 0 Å². The first-order valence-corrected chi connectivity index (χ1v) is 6.87. The van der Waals surface area contributed by atoms with Gasteiger partial charge in [-0.25, -0.2) is 0 Å². The largest absolute Gasteiger partial charge is 0.508 e. The number of thioether (sulfide) groups is 1. The van der Waals surface area contributed by atoms with E-state index in [1.165, 1.54) is 12.2 Å². The van der Waals surface area contributed by atoms with E-state index in [1.54, 1.807) is 12.1 Å². The summed E-state index contributed by atoms with van der Waals surface area (Å²) in [5.74, 6) is 2.75. The summed E-state index contributed by atoms with van der Waals surface area (Å²) in [5.41, 5.74) is 1.45. The number of rotatable bonds is 2. The molecule has 1 heterocycles. The van der Waals surface area contributed by atoms with Gasteiger partial charge in [-0.05, 0) is 41.9 Å². The fraction of sp³-hybridized carbons (Fsp3) is 0.538. The highest BCUT2D eigenvalue weighted by atomic mass is 32.2. The molecule has 1 fully saturated rings. The predicted molar refractivity (Wildman–Crippen MR) is 71.2 cm³/mol. The van der Waals surface area contributed by atoms with E-state index in [2.05, 4.69) is 19.2 Å². The Morgan fingerprint density at radius 1 is 1.31 bits per heavy atom. The van der Waals surface area contributed by atoms with Crippen molar-refractivity contribution in [1.82, 2.24) is 0 Å². The third kappa shape index (κ3) is 2.64. The lowest BCUT2D eigenvalue weighted by molar-refractivity contribution is 0.305. The van der Waals surface area contributed by atoms with Gasteiger partial charge in [0.05, 0.1) is 0 Å². The molecule has 1 aromatic carbocycles. The van der Waals surface area contributed by atoms with Gasteiger partial charge in [0.15, 0.2) is 0 Å². The molecule has 1 atom stereocenters. The average molecular weight is 237 g/mol. The number of phenolic OH excluding ortho intramolecular Hbond substituents is 1. The van der Waals surface area contributed by atoms with Crippen molar-refractivity contribution in [2.75, 3.05) is 16.8 Å². The van der Waals surface area contributed by atoms with Crippen LogP contribution in [-0.4, -0.2) is 22.7 Å². The molecule has 0 spiro atoms. The molecule has 88 valence electrons. The smallest absolute Gasteiger partial charge is 0.115 e. The summed E-state index contributed by atoms with van der Waals surface area (Å²) in [6.07, 6.45) is 1.26. The second-order valence-corrected chi connectivity index (χ2v) is 6.21. The fourth-order valence-electron chi connectivity index (χ4n) is 1.93. The standard InChI is InChI=1S/C13H19NOS/c1-13(2)7-8-16-9-12(13)14-10-3-5-11(15)6-4-10/h3-6,12,14-15H,7-9H2,1-2H3. The van der Waals surface area contributed by atoms with Crippen molar-refractivity contribution in [3.63, 3.8) is 0 Å². The van der Waals surface area contributed by atoms with Crippen LogP contribution in [0.2, 0.25) is 0 Å². The normalized spacial score (nSPS) is 24.0. The van der Waals surface area contributed by atoms with Crippen LogP contribution in [0.4, 0.5) is 5.69 Å². The van der Waals surface area contributed by atoms with Crippen molar-refractivity contribution >= 4 is 17.4 Å². The highest BCUT2D eigenvalue weighted by Gasteiger charge is 2.32. The Kier molecular flexibility index (Phi) is 3.33. The second kappa shape index (κ2) is 4.58. The van der Waals surface area contributed by atoms with E-state index in [1.807, 2.05) is 23.9 Å². The van der Waals surface area contributed by atoms with Gasteiger partial charge in [-0.15, -0.1) is 0 Å². The molecule has 2 nitrogen and oxygen atoms in total. The van der Waals surface area contributed by atoms with Crippen LogP contribution in [0, 0.1) is 5.41 Å². The van der Waals surface area contributed by atoms with Crippen LogP contribution >= 0.6 is 11.8 Å². The Bertz CT molecular complexity index is 347. The van der Waals surface area contributed by atoms with Crippen molar-refractivity contribution < 1.29 is 5.11 Å². The summed E-state index contributed by atoms with van der Waals surface area (Å²) in [4.78, 5) is 0. The number of phenols is 1. The average Bonchev–Trinajstić information content (AvgIpc) is 2.24. The third-order valence-corrected chi connectivity index (χ3v) is 4.39. The molecule has 0 aromatic heterocycles. The van der Waals surface area contributed by atoms with Crippen molar-refractivity contribution in [1.29, 1.82) is 0 Å². The molecule has 1 aliphatic rings. The first-order valence-electron chi connectivity index (χ1n) is 5.71. The zero-order valence-corrected chi connectivity index (χ0v) is 10.7. The van der Waals surface area contributed by atoms with E-state index < -0.39 is 0 Å². The summed E-state index contributed by atoms with van der Waals surface area (Å²) in [5, 5.41) is 12.8. The molecule has 0 saturated carbocycles. The SMILES string of the molecule is CC1(C)CCSCC1Nc1ccc(O)cc1. The summed E-state index contributed by atoms with van der Waals surface area (Å²) >= 11 is 2.02. The third-order valence-electron chi connectivity index (χ3n) is 3.33. The summed E-state index contributed by atoms with van der Waals surface area (Å²) < 4.78 is 0. The van der Waals surface area contributed by atoms with Gasteiger partial charge in [0.1, 0.15) is 5.75 Å². The highest BCUT2D eigenvalue weighted by Crippen LogP contribution is 2.36. The number of anilines is 1. The van der Waals surface area contributed by atoms with Crippen molar-refractivity contribution in [2.45, 2.75) is 26.3 Å². The molecule has 0 radical (unpaired) electrons. The first-order chi connectivity index (χ1) is 7.58. The number of aromatic hydroxyl groups is 1. The maximum Gasteiger partial charge on any atom is 0.115 e. The molecule has 1 aromatic rings. The van der Waals surface area contributed by atoms with Gasteiger partial charge in [-0.1, -0.05) is 13.8 Å². The molecule has 2 rings (SSSR count). The highest BCUT2D eigenvalue weighted by molar-refractivity contribution is 7.99. The van der Waals surface area contributed by atoms with Crippen LogP contribution in [0.15, 0.2) is 24.3 Å². The molecule has 0 aliphatic carbocycles. The molecule has 1 saturated heterocycles. The minimum absolute atomic E-state index is 0.322. The summed E-state index contributed by atoms with van der Waals surface area (Å²) in [7, 11) is 0. The van der Waals surface area contributed by atoms with Gasteiger partial charge in [0.25, 0.3) is 0 Å². The van der Waals surface area contributed by atoms with Crippen molar-refractivity contribution in [2.24, 2.45) is 5.41 Å². The lowest BCUT2D eigenvalue weighted by Crippen LogP contribution is -2.41. The number of nitrogens with one attached hydrogen (secondary N) is 1. The summed E-state index contributed by atoms with van der Waals surface area (Å²) in [6, 6.07) is 7.84. The summed E-state index contributed by atoms with van der Waals surface area (Å²) in [6.45, 7) is 4.65. The molecular formula is C13H19NOS. The van der Waals surface area contributed by atoms with Gasteiger partial charge in [-0.3, -0.25) is 0 Å². The van der Waals surface area contributed by atoms with Crippen molar-refractivity contribution in [3.8, 4) is 5.75 Å². The second-order valence-electron chi connectivity index (χ2n) is 5.06. The van der Waals surface area contributed by atoms with E-state index in [9.17, 15) is 5.11 Å². The monoisotopic (exact) mass is 237 g/mol. The lowest BCUT2D eigenvalue weighted by Gasteiger charge is -2.39. The quantitative estimate of drug-likeness (QED) is 0.774. The number of benzene rings is 1.